The van der Waals surface area contributed by atoms with Gasteiger partial charge in [0.25, 0.3) is 0 Å². The molecule has 0 atom stereocenters. The van der Waals surface area contributed by atoms with Gasteiger partial charge in [0, 0.05) is 6.54 Å². The topological polar surface area (TPSA) is 38.3 Å². The lowest BCUT2D eigenvalue weighted by atomic mass is 10.0. The average Bonchev–Trinajstić information content (AvgIpc) is 2.25. The maximum atomic E-state index is 10.8. The molecular weight excluding hydrogens is 198 g/mol. The van der Waals surface area contributed by atoms with Crippen LogP contribution < -0.4 is 5.32 Å². The van der Waals surface area contributed by atoms with Crippen LogP contribution in [0.3, 0.4) is 0 Å². The summed E-state index contributed by atoms with van der Waals surface area (Å²) in [4.78, 5) is 10.8. The van der Waals surface area contributed by atoms with Crippen molar-refractivity contribution in [3.8, 4) is 0 Å². The zero-order chi connectivity index (χ0) is 10.2. The second-order valence-electron chi connectivity index (χ2n) is 3.59. The van der Waals surface area contributed by atoms with Gasteiger partial charge in [-0.05, 0) is 36.8 Å². The van der Waals surface area contributed by atoms with E-state index in [4.69, 9.17) is 0 Å². The standard InChI is InChI=1S/C10H19NO2S/c1-13-10(12)2-5-11-8-9-3-6-14-7-4-9/h9,11H,2-8H2,1H3. The van der Waals surface area contributed by atoms with Crippen LogP contribution in [0.5, 0.6) is 0 Å². The highest BCUT2D eigenvalue weighted by atomic mass is 32.2. The molecule has 0 unspecified atom stereocenters. The summed E-state index contributed by atoms with van der Waals surface area (Å²) in [5.41, 5.74) is 0. The molecule has 0 spiro atoms. The Labute approximate surface area is 90.0 Å². The lowest BCUT2D eigenvalue weighted by molar-refractivity contribution is -0.140. The normalized spacial score (nSPS) is 18.1. The summed E-state index contributed by atoms with van der Waals surface area (Å²) in [5, 5.41) is 3.31. The molecule has 0 radical (unpaired) electrons. The van der Waals surface area contributed by atoms with E-state index in [1.807, 2.05) is 11.8 Å². The Morgan fingerprint density at radius 2 is 2.21 bits per heavy atom. The number of hydrogen-bond donors (Lipinski definition) is 1. The van der Waals surface area contributed by atoms with Crippen LogP contribution in [-0.2, 0) is 9.53 Å². The predicted molar refractivity (Wildman–Crippen MR) is 59.6 cm³/mol. The molecular formula is C10H19NO2S. The Balaban J connectivity index is 1.94. The van der Waals surface area contributed by atoms with E-state index in [0.29, 0.717) is 6.42 Å². The smallest absolute Gasteiger partial charge is 0.306 e. The molecule has 0 bridgehead atoms. The van der Waals surface area contributed by atoms with Crippen molar-refractivity contribution in [3.63, 3.8) is 0 Å². The molecule has 14 heavy (non-hydrogen) atoms. The van der Waals surface area contributed by atoms with Gasteiger partial charge in [0.05, 0.1) is 13.5 Å². The fourth-order valence-corrected chi connectivity index (χ4v) is 2.75. The number of esters is 1. The Hall–Kier alpha value is -0.220. The van der Waals surface area contributed by atoms with Gasteiger partial charge < -0.3 is 10.1 Å². The summed E-state index contributed by atoms with van der Waals surface area (Å²) in [6, 6.07) is 0. The maximum Gasteiger partial charge on any atom is 0.306 e. The minimum Gasteiger partial charge on any atom is -0.469 e. The van der Waals surface area contributed by atoms with Gasteiger partial charge in [0.1, 0.15) is 0 Å². The lowest BCUT2D eigenvalue weighted by Gasteiger charge is -2.21. The number of thioether (sulfide) groups is 1. The largest absolute Gasteiger partial charge is 0.469 e. The monoisotopic (exact) mass is 217 g/mol. The summed E-state index contributed by atoms with van der Waals surface area (Å²) in [5.74, 6) is 3.28. The van der Waals surface area contributed by atoms with Crippen molar-refractivity contribution in [1.29, 1.82) is 0 Å². The lowest BCUT2D eigenvalue weighted by Crippen LogP contribution is -2.27. The number of methoxy groups -OCH3 is 1. The first-order valence-electron chi connectivity index (χ1n) is 5.18. The molecule has 0 saturated carbocycles. The van der Waals surface area contributed by atoms with E-state index in [9.17, 15) is 4.79 Å². The third-order valence-electron chi connectivity index (χ3n) is 2.51. The summed E-state index contributed by atoms with van der Waals surface area (Å²) >= 11 is 2.04. The zero-order valence-corrected chi connectivity index (χ0v) is 9.57. The molecule has 3 nitrogen and oxygen atoms in total. The Morgan fingerprint density at radius 3 is 2.86 bits per heavy atom. The van der Waals surface area contributed by atoms with E-state index in [1.54, 1.807) is 0 Å². The molecule has 4 heteroatoms. The molecule has 0 aliphatic carbocycles. The number of carbonyl (C=O) groups is 1. The fourth-order valence-electron chi connectivity index (χ4n) is 1.55. The van der Waals surface area contributed by atoms with E-state index in [0.717, 1.165) is 19.0 Å². The van der Waals surface area contributed by atoms with Gasteiger partial charge in [-0.2, -0.15) is 11.8 Å². The number of rotatable bonds is 5. The van der Waals surface area contributed by atoms with E-state index in [-0.39, 0.29) is 5.97 Å². The zero-order valence-electron chi connectivity index (χ0n) is 8.75. The molecule has 1 aliphatic rings. The molecule has 0 aromatic heterocycles. The molecule has 1 N–H and O–H groups in total. The summed E-state index contributed by atoms with van der Waals surface area (Å²) in [6.45, 7) is 1.80. The SMILES string of the molecule is COC(=O)CCNCC1CCSCC1. The fraction of sp³-hybridized carbons (Fsp3) is 0.900. The van der Waals surface area contributed by atoms with Crippen molar-refractivity contribution in [2.45, 2.75) is 19.3 Å². The number of ether oxygens (including phenoxy) is 1. The van der Waals surface area contributed by atoms with Crippen LogP contribution in [0.2, 0.25) is 0 Å². The number of hydrogen-bond acceptors (Lipinski definition) is 4. The van der Waals surface area contributed by atoms with Crippen LogP contribution in [0.1, 0.15) is 19.3 Å². The van der Waals surface area contributed by atoms with E-state index in [1.165, 1.54) is 31.5 Å². The Bertz CT molecular complexity index is 170. The molecule has 1 saturated heterocycles. The van der Waals surface area contributed by atoms with E-state index < -0.39 is 0 Å². The van der Waals surface area contributed by atoms with Crippen LogP contribution in [0.4, 0.5) is 0 Å². The van der Waals surface area contributed by atoms with Crippen LogP contribution in [0.15, 0.2) is 0 Å². The molecule has 0 aromatic rings. The van der Waals surface area contributed by atoms with Crippen molar-refractivity contribution < 1.29 is 9.53 Å². The van der Waals surface area contributed by atoms with Crippen LogP contribution in [-0.4, -0.2) is 37.7 Å². The highest BCUT2D eigenvalue weighted by Crippen LogP contribution is 2.21. The van der Waals surface area contributed by atoms with Crippen molar-refractivity contribution >= 4 is 17.7 Å². The highest BCUT2D eigenvalue weighted by molar-refractivity contribution is 7.99. The number of carbonyl (C=O) groups excluding carboxylic acids is 1. The van der Waals surface area contributed by atoms with Gasteiger partial charge in [0.15, 0.2) is 0 Å². The van der Waals surface area contributed by atoms with Crippen LogP contribution in [0, 0.1) is 5.92 Å². The van der Waals surface area contributed by atoms with Crippen LogP contribution in [0.25, 0.3) is 0 Å². The van der Waals surface area contributed by atoms with Gasteiger partial charge in [0.2, 0.25) is 0 Å². The molecule has 0 aromatic carbocycles. The molecule has 0 amide bonds. The molecule has 1 rings (SSSR count). The third-order valence-corrected chi connectivity index (χ3v) is 3.56. The molecule has 1 aliphatic heterocycles. The molecule has 1 fully saturated rings. The van der Waals surface area contributed by atoms with Crippen molar-refractivity contribution in [3.05, 3.63) is 0 Å². The predicted octanol–water partition coefficient (Wildman–Crippen LogP) is 1.28. The first-order chi connectivity index (χ1) is 6.83. The quantitative estimate of drug-likeness (QED) is 0.556. The summed E-state index contributed by atoms with van der Waals surface area (Å²) in [7, 11) is 1.43. The Morgan fingerprint density at radius 1 is 1.50 bits per heavy atom. The first kappa shape index (κ1) is 11.9. The first-order valence-corrected chi connectivity index (χ1v) is 6.33. The minimum atomic E-state index is -0.128. The molecule has 1 heterocycles. The van der Waals surface area contributed by atoms with Gasteiger partial charge in [-0.25, -0.2) is 0 Å². The minimum absolute atomic E-state index is 0.128. The maximum absolute atomic E-state index is 10.8. The van der Waals surface area contributed by atoms with Gasteiger partial charge in [-0.3, -0.25) is 4.79 Å². The summed E-state index contributed by atoms with van der Waals surface area (Å²) < 4.78 is 4.56. The van der Waals surface area contributed by atoms with E-state index in [2.05, 4.69) is 10.1 Å². The van der Waals surface area contributed by atoms with Crippen LogP contribution >= 0.6 is 11.8 Å². The van der Waals surface area contributed by atoms with Gasteiger partial charge in [-0.1, -0.05) is 0 Å². The average molecular weight is 217 g/mol. The van der Waals surface area contributed by atoms with Gasteiger partial charge in [-0.15, -0.1) is 0 Å². The second-order valence-corrected chi connectivity index (χ2v) is 4.81. The second kappa shape index (κ2) is 7.12. The highest BCUT2D eigenvalue weighted by Gasteiger charge is 2.12. The number of nitrogens with one attached hydrogen (secondary N) is 1. The Kier molecular flexibility index (Phi) is 6.03. The van der Waals surface area contributed by atoms with Gasteiger partial charge >= 0.3 is 5.97 Å². The van der Waals surface area contributed by atoms with Crippen molar-refractivity contribution in [1.82, 2.24) is 5.32 Å². The summed E-state index contributed by atoms with van der Waals surface area (Å²) in [6.07, 6.45) is 3.11. The van der Waals surface area contributed by atoms with Crippen molar-refractivity contribution in [2.75, 3.05) is 31.7 Å². The van der Waals surface area contributed by atoms with E-state index >= 15 is 0 Å². The third kappa shape index (κ3) is 4.86. The van der Waals surface area contributed by atoms with Crippen molar-refractivity contribution in [2.24, 2.45) is 5.92 Å². The molecule has 82 valence electrons.